The lowest BCUT2D eigenvalue weighted by Crippen LogP contribution is -2.61. The number of aldehydes is 1. The number of nitrogens with one attached hydrogen (secondary N) is 4. The fourth-order valence-electron chi connectivity index (χ4n) is 12.2. The second-order valence-corrected chi connectivity index (χ2v) is 22.6. The van der Waals surface area contributed by atoms with Gasteiger partial charge in [-0.25, -0.2) is 9.59 Å². The second kappa shape index (κ2) is 21.9. The highest BCUT2D eigenvalue weighted by molar-refractivity contribution is 5.93. The van der Waals surface area contributed by atoms with Crippen molar-refractivity contribution in [2.75, 3.05) is 31.5 Å². The summed E-state index contributed by atoms with van der Waals surface area (Å²) in [7, 11) is 4.50. The molecule has 6 aliphatic rings. The van der Waals surface area contributed by atoms with Gasteiger partial charge in [0.2, 0.25) is 17.7 Å². The molecule has 0 radical (unpaired) electrons. The minimum absolute atomic E-state index is 0.00773. The van der Waals surface area contributed by atoms with Gasteiger partial charge in [-0.3, -0.25) is 14.4 Å². The first kappa shape index (κ1) is 53.0. The highest BCUT2D eigenvalue weighted by atomic mass is 16.5. The van der Waals surface area contributed by atoms with Gasteiger partial charge in [-0.2, -0.15) is 0 Å². The molecule has 0 aromatic heterocycles. The number of benzene rings is 2. The maximum Gasteiger partial charge on any atom is 0.407 e. The molecule has 3 aliphatic carbocycles. The van der Waals surface area contributed by atoms with Crippen molar-refractivity contribution in [3.05, 3.63) is 83.5 Å². The quantitative estimate of drug-likeness (QED) is 0.143. The Bertz CT molecular complexity index is 2320. The normalized spacial score (nSPS) is 28.2. The zero-order valence-electron chi connectivity index (χ0n) is 43.8. The molecule has 3 heterocycles. The van der Waals surface area contributed by atoms with Crippen LogP contribution in [0, 0.1) is 23.7 Å². The van der Waals surface area contributed by atoms with Crippen LogP contribution in [0.1, 0.15) is 130 Å². The van der Waals surface area contributed by atoms with Crippen LogP contribution < -0.4 is 26.2 Å². The van der Waals surface area contributed by atoms with Gasteiger partial charge < -0.3 is 50.2 Å². The molecule has 15 heteroatoms. The van der Waals surface area contributed by atoms with Gasteiger partial charge in [0.05, 0.1) is 37.9 Å². The van der Waals surface area contributed by atoms with Crippen LogP contribution in [-0.4, -0.2) is 115 Å². The fraction of sp³-hybridized carbons (Fsp3) is 0.607. The summed E-state index contributed by atoms with van der Waals surface area (Å²) in [5, 5.41) is 11.9. The molecule has 5 fully saturated rings. The summed E-state index contributed by atoms with van der Waals surface area (Å²) >= 11 is 0. The van der Waals surface area contributed by atoms with Crippen molar-refractivity contribution >= 4 is 47.6 Å². The summed E-state index contributed by atoms with van der Waals surface area (Å²) in [5.74, 6) is -0.313. The average Bonchev–Trinajstić information content (AvgIpc) is 4.22. The Labute approximate surface area is 421 Å². The van der Waals surface area contributed by atoms with E-state index in [4.69, 9.17) is 4.74 Å². The number of carbonyl (C=O) groups is 6. The number of rotatable bonds is 13. The second-order valence-electron chi connectivity index (χ2n) is 22.6. The number of carbonyl (C=O) groups excluding carboxylic acids is 6. The fourth-order valence-corrected chi connectivity index (χ4v) is 12.2. The Balaban J connectivity index is 0.000000309. The van der Waals surface area contributed by atoms with Gasteiger partial charge >= 0.3 is 12.2 Å². The zero-order chi connectivity index (χ0) is 51.5. The first-order chi connectivity index (χ1) is 33.7. The molecule has 8 rings (SSSR count). The number of ether oxygens (including phenoxy) is 2. The van der Waals surface area contributed by atoms with Crippen LogP contribution in [0.5, 0.6) is 0 Å². The molecule has 2 aromatic rings. The molecule has 4 bridgehead atoms. The molecule has 15 nitrogen and oxygen atoms in total. The van der Waals surface area contributed by atoms with Crippen molar-refractivity contribution in [2.45, 2.75) is 172 Å². The number of likely N-dealkylation sites (tertiary alicyclic amines) is 2. The largest absolute Gasteiger partial charge is 0.453 e. The molecule has 386 valence electrons. The first-order valence-corrected chi connectivity index (χ1v) is 25.9. The molecule has 0 spiro atoms. The highest BCUT2D eigenvalue weighted by Crippen LogP contribution is 2.46. The number of methoxy groups -OCH3 is 2. The number of alkyl carbamates (subject to hydrolysis) is 2. The molecule has 3 aliphatic heterocycles. The molecule has 2 saturated carbocycles. The van der Waals surface area contributed by atoms with E-state index in [9.17, 15) is 28.8 Å². The number of anilines is 2. The van der Waals surface area contributed by atoms with Crippen LogP contribution in [0.15, 0.2) is 72.3 Å². The Morgan fingerprint density at radius 1 is 0.732 bits per heavy atom. The Hall–Kier alpha value is -5.86. The van der Waals surface area contributed by atoms with Crippen molar-refractivity contribution < 1.29 is 38.2 Å². The van der Waals surface area contributed by atoms with E-state index in [2.05, 4.69) is 125 Å². The maximum absolute atomic E-state index is 14.1. The molecule has 11 atom stereocenters. The van der Waals surface area contributed by atoms with Crippen molar-refractivity contribution in [1.82, 2.24) is 25.8 Å². The van der Waals surface area contributed by atoms with Crippen LogP contribution in [0.3, 0.4) is 0 Å². The third-order valence-electron chi connectivity index (χ3n) is 16.1. The molecule has 2 aromatic carbocycles. The van der Waals surface area contributed by atoms with Crippen LogP contribution in [-0.2, 0) is 34.1 Å². The van der Waals surface area contributed by atoms with E-state index in [0.717, 1.165) is 63.3 Å². The molecule has 3 saturated heterocycles. The molecule has 5 amide bonds. The summed E-state index contributed by atoms with van der Waals surface area (Å²) < 4.78 is 9.37. The predicted molar refractivity (Wildman–Crippen MR) is 276 cm³/mol. The minimum atomic E-state index is -0.758. The van der Waals surface area contributed by atoms with E-state index in [1.807, 2.05) is 34.7 Å². The number of hydrogen-bond donors (Lipinski definition) is 4. The lowest BCUT2D eigenvalue weighted by atomic mass is 9.86. The van der Waals surface area contributed by atoms with Gasteiger partial charge in [-0.05, 0) is 135 Å². The maximum atomic E-state index is 14.1. The summed E-state index contributed by atoms with van der Waals surface area (Å²) in [4.78, 5) is 81.6. The van der Waals surface area contributed by atoms with Crippen LogP contribution in [0.25, 0.3) is 0 Å². The summed E-state index contributed by atoms with van der Waals surface area (Å²) in [5.41, 5.74) is 5.69. The van der Waals surface area contributed by atoms with E-state index >= 15 is 0 Å². The molecule has 8 unspecified atom stereocenters. The topological polar surface area (TPSA) is 179 Å². The third-order valence-corrected chi connectivity index (χ3v) is 16.1. The third kappa shape index (κ3) is 11.3. The van der Waals surface area contributed by atoms with Gasteiger partial charge in [0.15, 0.2) is 0 Å². The Kier molecular flexibility index (Phi) is 16.3. The number of fused-ring (bicyclic) bond motifs is 4. The lowest BCUT2D eigenvalue weighted by molar-refractivity contribution is -0.145. The highest BCUT2D eigenvalue weighted by Gasteiger charge is 2.54. The minimum Gasteiger partial charge on any atom is -0.453 e. The van der Waals surface area contributed by atoms with E-state index in [-0.39, 0.29) is 77.0 Å². The predicted octanol–water partition coefficient (Wildman–Crippen LogP) is 8.20. The average molecular weight is 978 g/mol. The molecule has 71 heavy (non-hydrogen) atoms. The van der Waals surface area contributed by atoms with Gasteiger partial charge in [-0.1, -0.05) is 91.0 Å². The number of piperidine rings is 2. The zero-order valence-corrected chi connectivity index (χ0v) is 43.8. The molecule has 4 N–H and O–H groups in total. The van der Waals surface area contributed by atoms with Crippen molar-refractivity contribution in [3.8, 4) is 0 Å². The first-order valence-electron chi connectivity index (χ1n) is 25.9. The monoisotopic (exact) mass is 978 g/mol. The summed E-state index contributed by atoms with van der Waals surface area (Å²) in [6.45, 7) is 16.3. The van der Waals surface area contributed by atoms with Gasteiger partial charge in [0, 0.05) is 30.5 Å². The van der Waals surface area contributed by atoms with Gasteiger partial charge in [-0.15, -0.1) is 0 Å². The van der Waals surface area contributed by atoms with E-state index in [1.54, 1.807) is 9.80 Å². The number of nitrogens with zero attached hydrogens (tertiary/aromatic N) is 3. The van der Waals surface area contributed by atoms with E-state index in [1.165, 1.54) is 36.6 Å². The van der Waals surface area contributed by atoms with Crippen molar-refractivity contribution in [3.63, 3.8) is 0 Å². The van der Waals surface area contributed by atoms with Gasteiger partial charge in [0.25, 0.3) is 0 Å². The Morgan fingerprint density at radius 2 is 1.28 bits per heavy atom. The smallest absolute Gasteiger partial charge is 0.407 e. The van der Waals surface area contributed by atoms with Crippen molar-refractivity contribution in [2.24, 2.45) is 23.7 Å². The molecular formula is C56H79N7O8. The van der Waals surface area contributed by atoms with E-state index < -0.39 is 35.9 Å². The molecular weight excluding hydrogens is 899 g/mol. The SMILES string of the molecule is CNc1ccc([C@@H]2CC[C@@H](C3=CCC(C)(NC(=O)[C@@H]4C5CCC(C5)N4C(=O)C(NC(=O)OC)C(C)C)C=C3)N2c2ccc(C(C)(C)C)cc2)cc1.COC(=O)NC(C(=O)N1C2CCC(C2)C1C=O)C(C)C. The standard InChI is InChI=1S/C42H57N5O4.C14H22N2O4/c1-26(2)36(44-40(50)51-8)39(49)47-33-16-11-29(25-33)37(47)38(48)45-42(6)23-21-28(22-24-42)35-20-19-34(27-9-14-31(43-7)15-10-27)46(35)32-17-12-30(13-18-32)41(3,4)5;1-8(2)12(15-14(19)20-3)13(18)16-10-5-4-9(6-10)11(16)7-17/h9-10,12-15,17-18,21-23,26,29,33-37,43H,11,16,19-20,24-25H2,1-8H3,(H,44,50)(H,45,48);7-12H,4-6H2,1-3H3,(H,15,19)/t29?,33?,34-,35-,36?,37-,42?;/m0./s1. The summed E-state index contributed by atoms with van der Waals surface area (Å²) in [6, 6.07) is 16.2. The van der Waals surface area contributed by atoms with Gasteiger partial charge in [0.1, 0.15) is 24.4 Å². The van der Waals surface area contributed by atoms with Crippen LogP contribution in [0.2, 0.25) is 0 Å². The Morgan fingerprint density at radius 3 is 1.80 bits per heavy atom. The van der Waals surface area contributed by atoms with Crippen LogP contribution >= 0.6 is 0 Å². The van der Waals surface area contributed by atoms with Crippen molar-refractivity contribution in [1.29, 1.82) is 0 Å². The number of hydrogen-bond acceptors (Lipinski definition) is 10. The van der Waals surface area contributed by atoms with Crippen LogP contribution in [0.4, 0.5) is 21.0 Å². The summed E-state index contributed by atoms with van der Waals surface area (Å²) in [6.07, 6.45) is 14.5. The van der Waals surface area contributed by atoms with E-state index in [0.29, 0.717) is 6.42 Å². The lowest BCUT2D eigenvalue weighted by Gasteiger charge is -2.40. The number of amides is 5.